The van der Waals surface area contributed by atoms with Crippen LogP contribution in [0.5, 0.6) is 0 Å². The monoisotopic (exact) mass is 206 g/mol. The molecule has 0 heterocycles. The number of allylic oxidation sites excluding steroid dienone is 1. The van der Waals surface area contributed by atoms with E-state index < -0.39 is 0 Å². The minimum Gasteiger partial charge on any atom is -0.0843 e. The Hall–Kier alpha value is -0.750. The fraction of sp³-hybridized carbons (Fsp3) is 0.385. The van der Waals surface area contributed by atoms with E-state index in [9.17, 15) is 0 Å². The molecule has 14 heavy (non-hydrogen) atoms. The highest BCUT2D eigenvalue weighted by atomic mass is 35.5. The molecule has 0 radical (unpaired) electrons. The molecule has 1 heteroatoms. The maximum absolute atomic E-state index is 5.96. The SMILES string of the molecule is CCC(C)C1=Cc2cc(Cl)ccc2C1. The third-order valence-electron chi connectivity index (χ3n) is 3.09. The van der Waals surface area contributed by atoms with Crippen LogP contribution in [0.3, 0.4) is 0 Å². The molecule has 1 atom stereocenters. The molecule has 1 aromatic carbocycles. The van der Waals surface area contributed by atoms with Gasteiger partial charge in [0.05, 0.1) is 0 Å². The van der Waals surface area contributed by atoms with Crippen molar-refractivity contribution < 1.29 is 0 Å². The Labute approximate surface area is 90.6 Å². The normalized spacial score (nSPS) is 16.4. The van der Waals surface area contributed by atoms with Gasteiger partial charge in [-0.15, -0.1) is 0 Å². The summed E-state index contributed by atoms with van der Waals surface area (Å²) in [4.78, 5) is 0. The van der Waals surface area contributed by atoms with E-state index in [-0.39, 0.29) is 0 Å². The highest BCUT2D eigenvalue weighted by molar-refractivity contribution is 6.30. The summed E-state index contributed by atoms with van der Waals surface area (Å²) in [5.74, 6) is 0.696. The zero-order valence-electron chi connectivity index (χ0n) is 8.68. The zero-order valence-corrected chi connectivity index (χ0v) is 9.43. The van der Waals surface area contributed by atoms with E-state index in [1.807, 2.05) is 6.07 Å². The summed E-state index contributed by atoms with van der Waals surface area (Å²) in [6.45, 7) is 4.53. The van der Waals surface area contributed by atoms with Gasteiger partial charge < -0.3 is 0 Å². The molecule has 0 spiro atoms. The van der Waals surface area contributed by atoms with Gasteiger partial charge in [-0.2, -0.15) is 0 Å². The first-order valence-corrected chi connectivity index (χ1v) is 5.57. The third kappa shape index (κ3) is 1.72. The molecular weight excluding hydrogens is 192 g/mol. The van der Waals surface area contributed by atoms with Gasteiger partial charge in [0, 0.05) is 5.02 Å². The topological polar surface area (TPSA) is 0 Å². The van der Waals surface area contributed by atoms with Gasteiger partial charge in [-0.3, -0.25) is 0 Å². The molecule has 1 aliphatic carbocycles. The highest BCUT2D eigenvalue weighted by Crippen LogP contribution is 2.32. The van der Waals surface area contributed by atoms with Crippen molar-refractivity contribution in [2.24, 2.45) is 5.92 Å². The maximum atomic E-state index is 5.96. The molecule has 0 bridgehead atoms. The van der Waals surface area contributed by atoms with Crippen LogP contribution in [0.4, 0.5) is 0 Å². The second-order valence-corrected chi connectivity index (χ2v) is 4.48. The van der Waals surface area contributed by atoms with E-state index in [1.165, 1.54) is 17.5 Å². The van der Waals surface area contributed by atoms with Crippen LogP contribution in [-0.2, 0) is 6.42 Å². The summed E-state index contributed by atoms with van der Waals surface area (Å²) in [7, 11) is 0. The molecule has 0 saturated heterocycles. The van der Waals surface area contributed by atoms with E-state index in [0.29, 0.717) is 5.92 Å². The number of rotatable bonds is 2. The summed E-state index contributed by atoms with van der Waals surface area (Å²) in [5.41, 5.74) is 4.28. The third-order valence-corrected chi connectivity index (χ3v) is 3.32. The lowest BCUT2D eigenvalue weighted by atomic mass is 9.97. The molecular formula is C13H15Cl. The van der Waals surface area contributed by atoms with Crippen molar-refractivity contribution in [3.8, 4) is 0 Å². The van der Waals surface area contributed by atoms with Gasteiger partial charge in [0.15, 0.2) is 0 Å². The van der Waals surface area contributed by atoms with Crippen molar-refractivity contribution in [2.45, 2.75) is 26.7 Å². The highest BCUT2D eigenvalue weighted by Gasteiger charge is 2.16. The first-order chi connectivity index (χ1) is 6.70. The van der Waals surface area contributed by atoms with Crippen LogP contribution in [0.2, 0.25) is 5.02 Å². The van der Waals surface area contributed by atoms with Gasteiger partial charge in [-0.1, -0.05) is 43.2 Å². The molecule has 0 amide bonds. The van der Waals surface area contributed by atoms with Crippen molar-refractivity contribution in [2.75, 3.05) is 0 Å². The van der Waals surface area contributed by atoms with Crippen molar-refractivity contribution in [1.82, 2.24) is 0 Å². The molecule has 0 nitrogen and oxygen atoms in total. The molecule has 0 N–H and O–H groups in total. The predicted octanol–water partition coefficient (Wildman–Crippen LogP) is 4.33. The summed E-state index contributed by atoms with van der Waals surface area (Å²) < 4.78 is 0. The number of hydrogen-bond acceptors (Lipinski definition) is 0. The number of hydrogen-bond donors (Lipinski definition) is 0. The van der Waals surface area contributed by atoms with Crippen LogP contribution < -0.4 is 0 Å². The average molecular weight is 207 g/mol. The number of fused-ring (bicyclic) bond motifs is 1. The van der Waals surface area contributed by atoms with Gasteiger partial charge in [0.2, 0.25) is 0 Å². The van der Waals surface area contributed by atoms with E-state index in [0.717, 1.165) is 11.4 Å². The van der Waals surface area contributed by atoms with Crippen LogP contribution >= 0.6 is 11.6 Å². The minimum absolute atomic E-state index is 0.696. The van der Waals surface area contributed by atoms with Crippen molar-refractivity contribution >= 4 is 17.7 Å². The molecule has 74 valence electrons. The quantitative estimate of drug-likeness (QED) is 0.676. The summed E-state index contributed by atoms with van der Waals surface area (Å²) in [5, 5.41) is 0.838. The first kappa shape index (κ1) is 9.79. The molecule has 1 unspecified atom stereocenters. The van der Waals surface area contributed by atoms with Crippen LogP contribution in [0.15, 0.2) is 23.8 Å². The average Bonchev–Trinajstić information content (AvgIpc) is 2.59. The Bertz CT molecular complexity index is 377. The fourth-order valence-electron chi connectivity index (χ4n) is 1.91. The van der Waals surface area contributed by atoms with E-state index in [2.05, 4.69) is 32.1 Å². The Morgan fingerprint density at radius 1 is 1.43 bits per heavy atom. The van der Waals surface area contributed by atoms with Gasteiger partial charge in [-0.25, -0.2) is 0 Å². The number of halogens is 1. The molecule has 0 fully saturated rings. The van der Waals surface area contributed by atoms with Crippen molar-refractivity contribution in [3.63, 3.8) is 0 Å². The van der Waals surface area contributed by atoms with Crippen LogP contribution in [0, 0.1) is 5.92 Å². The van der Waals surface area contributed by atoms with E-state index in [1.54, 1.807) is 5.57 Å². The maximum Gasteiger partial charge on any atom is 0.0412 e. The Kier molecular flexibility index (Phi) is 2.64. The van der Waals surface area contributed by atoms with Gasteiger partial charge in [0.25, 0.3) is 0 Å². The lowest BCUT2D eigenvalue weighted by molar-refractivity contribution is 0.647. The lowest BCUT2D eigenvalue weighted by Crippen LogP contribution is -1.96. The summed E-state index contributed by atoms with van der Waals surface area (Å²) in [6.07, 6.45) is 4.63. The standard InChI is InChI=1S/C13H15Cl/c1-3-9(2)11-6-10-4-5-13(14)8-12(10)7-11/h4-5,7-9H,3,6H2,1-2H3. The summed E-state index contributed by atoms with van der Waals surface area (Å²) >= 11 is 5.96. The first-order valence-electron chi connectivity index (χ1n) is 5.19. The van der Waals surface area contributed by atoms with Crippen LogP contribution in [0.1, 0.15) is 31.4 Å². The second-order valence-electron chi connectivity index (χ2n) is 4.05. The second kappa shape index (κ2) is 3.78. The lowest BCUT2D eigenvalue weighted by Gasteiger charge is -2.08. The van der Waals surface area contributed by atoms with Crippen LogP contribution in [-0.4, -0.2) is 0 Å². The van der Waals surface area contributed by atoms with E-state index in [4.69, 9.17) is 11.6 Å². The Morgan fingerprint density at radius 3 is 2.93 bits per heavy atom. The van der Waals surface area contributed by atoms with E-state index >= 15 is 0 Å². The zero-order chi connectivity index (χ0) is 10.1. The predicted molar refractivity (Wildman–Crippen MR) is 62.6 cm³/mol. The molecule has 0 aliphatic heterocycles. The molecule has 1 aromatic rings. The fourth-order valence-corrected chi connectivity index (χ4v) is 2.09. The summed E-state index contributed by atoms with van der Waals surface area (Å²) in [6, 6.07) is 6.18. The van der Waals surface area contributed by atoms with Gasteiger partial charge in [0.1, 0.15) is 0 Å². The Morgan fingerprint density at radius 2 is 2.21 bits per heavy atom. The molecule has 1 aliphatic rings. The van der Waals surface area contributed by atoms with Crippen molar-refractivity contribution in [1.29, 1.82) is 0 Å². The van der Waals surface area contributed by atoms with Crippen LogP contribution in [0.25, 0.3) is 6.08 Å². The Balaban J connectivity index is 2.30. The largest absolute Gasteiger partial charge is 0.0843 e. The molecule has 0 saturated carbocycles. The molecule has 0 aromatic heterocycles. The molecule has 2 rings (SSSR count). The number of benzene rings is 1. The minimum atomic E-state index is 0.696. The smallest absolute Gasteiger partial charge is 0.0412 e. The van der Waals surface area contributed by atoms with Gasteiger partial charge >= 0.3 is 0 Å². The van der Waals surface area contributed by atoms with Crippen molar-refractivity contribution in [3.05, 3.63) is 39.9 Å². The van der Waals surface area contributed by atoms with Gasteiger partial charge in [-0.05, 0) is 42.0 Å².